The fraction of sp³-hybridized carbons (Fsp3) is 0.250. The monoisotopic (exact) mass is 423 g/mol. The smallest absolute Gasteiger partial charge is 0.325 e. The minimum absolute atomic E-state index is 0. The van der Waals surface area contributed by atoms with Gasteiger partial charge < -0.3 is 14.6 Å². The summed E-state index contributed by atoms with van der Waals surface area (Å²) in [5, 5.41) is 2.75. The standard InChI is InChI=1S/C22H21N3O4.C2H6.H2/c1-3-15-9-18(12-23-11-15)16-5-4-6-17(10-16)22(28)24-19-7-8-20(26)25(13-19)14-21(27)29-2;1-2;/h4-13H,3,14H2,1-2H3,(H,24,28);1-2H3;1H. The van der Waals surface area contributed by atoms with Gasteiger partial charge in [-0.05, 0) is 41.8 Å². The number of pyridine rings is 2. The number of rotatable bonds is 6. The zero-order valence-electron chi connectivity index (χ0n) is 18.2. The number of hydrogen-bond acceptors (Lipinski definition) is 5. The molecule has 0 aliphatic heterocycles. The number of hydrogen-bond donors (Lipinski definition) is 1. The number of aryl methyl sites for hydroxylation is 1. The summed E-state index contributed by atoms with van der Waals surface area (Å²) >= 11 is 0. The molecule has 3 rings (SSSR count). The van der Waals surface area contributed by atoms with Gasteiger partial charge in [0.05, 0.1) is 12.8 Å². The Balaban J connectivity index is 0.00000166. The molecular formula is C24H29N3O4. The van der Waals surface area contributed by atoms with E-state index in [1.807, 2.05) is 32.2 Å². The highest BCUT2D eigenvalue weighted by Gasteiger charge is 2.10. The molecule has 2 heterocycles. The molecule has 0 saturated heterocycles. The van der Waals surface area contributed by atoms with Gasteiger partial charge in [-0.25, -0.2) is 0 Å². The Morgan fingerprint density at radius 1 is 1.10 bits per heavy atom. The van der Waals surface area contributed by atoms with Crippen LogP contribution in [0, 0.1) is 0 Å². The summed E-state index contributed by atoms with van der Waals surface area (Å²) in [6.07, 6.45) is 5.88. The number of nitrogens with zero attached hydrogens (tertiary/aromatic N) is 2. The first-order valence-corrected chi connectivity index (χ1v) is 10.1. The van der Waals surface area contributed by atoms with E-state index < -0.39 is 5.97 Å². The number of ether oxygens (including phenoxy) is 1. The van der Waals surface area contributed by atoms with Crippen LogP contribution >= 0.6 is 0 Å². The van der Waals surface area contributed by atoms with E-state index >= 15 is 0 Å². The largest absolute Gasteiger partial charge is 0.468 e. The lowest BCUT2D eigenvalue weighted by atomic mass is 10.0. The van der Waals surface area contributed by atoms with Crippen LogP contribution in [0.3, 0.4) is 0 Å². The van der Waals surface area contributed by atoms with Crippen LogP contribution in [-0.2, 0) is 22.5 Å². The van der Waals surface area contributed by atoms with Gasteiger partial charge >= 0.3 is 5.97 Å². The third-order valence-electron chi connectivity index (χ3n) is 4.43. The number of carbonyl (C=O) groups excluding carboxylic acids is 2. The third kappa shape index (κ3) is 6.37. The van der Waals surface area contributed by atoms with Gasteiger partial charge in [0.2, 0.25) is 0 Å². The van der Waals surface area contributed by atoms with Crippen LogP contribution in [0.25, 0.3) is 11.1 Å². The van der Waals surface area contributed by atoms with Crippen LogP contribution in [-0.4, -0.2) is 28.5 Å². The van der Waals surface area contributed by atoms with Crippen molar-refractivity contribution in [1.82, 2.24) is 9.55 Å². The lowest BCUT2D eigenvalue weighted by Crippen LogP contribution is -2.24. The molecule has 1 amide bonds. The fourth-order valence-corrected chi connectivity index (χ4v) is 2.81. The summed E-state index contributed by atoms with van der Waals surface area (Å²) < 4.78 is 5.76. The van der Waals surface area contributed by atoms with E-state index in [0.29, 0.717) is 11.3 Å². The molecule has 164 valence electrons. The quantitative estimate of drug-likeness (QED) is 0.601. The molecule has 1 N–H and O–H groups in total. The summed E-state index contributed by atoms with van der Waals surface area (Å²) in [5.41, 5.74) is 3.44. The number of amides is 1. The summed E-state index contributed by atoms with van der Waals surface area (Å²) in [6, 6.07) is 12.1. The van der Waals surface area contributed by atoms with Crippen LogP contribution in [0.5, 0.6) is 0 Å². The van der Waals surface area contributed by atoms with Crippen LogP contribution in [0.15, 0.2) is 65.8 Å². The highest BCUT2D eigenvalue weighted by Crippen LogP contribution is 2.21. The maximum Gasteiger partial charge on any atom is 0.325 e. The molecule has 0 unspecified atom stereocenters. The van der Waals surface area contributed by atoms with Gasteiger partial charge in [0.15, 0.2) is 0 Å². The van der Waals surface area contributed by atoms with Gasteiger partial charge in [-0.1, -0.05) is 32.9 Å². The second kappa shape index (κ2) is 11.4. The van der Waals surface area contributed by atoms with Crippen molar-refractivity contribution in [2.75, 3.05) is 12.4 Å². The van der Waals surface area contributed by atoms with Gasteiger partial charge in [0, 0.05) is 37.2 Å². The van der Waals surface area contributed by atoms with Crippen molar-refractivity contribution in [3.8, 4) is 11.1 Å². The van der Waals surface area contributed by atoms with E-state index in [0.717, 1.165) is 23.1 Å². The van der Waals surface area contributed by atoms with Gasteiger partial charge in [-0.15, -0.1) is 0 Å². The van der Waals surface area contributed by atoms with Gasteiger partial charge in [-0.2, -0.15) is 0 Å². The molecule has 0 aliphatic carbocycles. The van der Waals surface area contributed by atoms with E-state index in [1.165, 1.54) is 30.0 Å². The van der Waals surface area contributed by atoms with Crippen molar-refractivity contribution < 1.29 is 15.8 Å². The number of methoxy groups -OCH3 is 1. The maximum atomic E-state index is 12.7. The molecule has 0 aliphatic rings. The minimum Gasteiger partial charge on any atom is -0.468 e. The summed E-state index contributed by atoms with van der Waals surface area (Å²) in [5.74, 6) is -0.874. The minimum atomic E-state index is -0.550. The predicted octanol–water partition coefficient (Wildman–Crippen LogP) is 4.17. The third-order valence-corrected chi connectivity index (χ3v) is 4.43. The molecule has 1 aromatic carbocycles. The molecule has 7 nitrogen and oxygen atoms in total. The molecule has 0 saturated carbocycles. The van der Waals surface area contributed by atoms with Crippen LogP contribution in [0.4, 0.5) is 5.69 Å². The molecule has 0 radical (unpaired) electrons. The summed E-state index contributed by atoms with van der Waals surface area (Å²) in [7, 11) is 1.25. The number of anilines is 1. The van der Waals surface area contributed by atoms with Crippen molar-refractivity contribution in [1.29, 1.82) is 0 Å². The highest BCUT2D eigenvalue weighted by molar-refractivity contribution is 6.04. The number of carbonyl (C=O) groups is 2. The number of nitrogens with one attached hydrogen (secondary N) is 1. The molecule has 2 aromatic heterocycles. The van der Waals surface area contributed by atoms with Crippen LogP contribution in [0.1, 0.15) is 38.1 Å². The lowest BCUT2D eigenvalue weighted by Gasteiger charge is -2.10. The van der Waals surface area contributed by atoms with E-state index in [1.54, 1.807) is 24.4 Å². The Bertz CT molecular complexity index is 1110. The summed E-state index contributed by atoms with van der Waals surface area (Å²) in [6.45, 7) is 5.83. The second-order valence-electron chi connectivity index (χ2n) is 6.43. The molecule has 0 spiro atoms. The van der Waals surface area contributed by atoms with Crippen molar-refractivity contribution in [3.05, 3.63) is 82.5 Å². The Labute approximate surface area is 183 Å². The number of aromatic nitrogens is 2. The SMILES string of the molecule is CC.CCc1cncc(-c2cccc(C(=O)Nc3ccc(=O)n(CC(=O)OC)c3)c2)c1.[HH]. The van der Waals surface area contributed by atoms with E-state index in [9.17, 15) is 14.4 Å². The van der Waals surface area contributed by atoms with E-state index in [4.69, 9.17) is 0 Å². The molecule has 3 aromatic rings. The van der Waals surface area contributed by atoms with Gasteiger partial charge in [-0.3, -0.25) is 19.4 Å². The second-order valence-corrected chi connectivity index (χ2v) is 6.43. The summed E-state index contributed by atoms with van der Waals surface area (Å²) in [4.78, 5) is 40.2. The predicted molar refractivity (Wildman–Crippen MR) is 123 cm³/mol. The Morgan fingerprint density at radius 3 is 2.58 bits per heavy atom. The molecule has 31 heavy (non-hydrogen) atoms. The van der Waals surface area contributed by atoms with Crippen molar-refractivity contribution in [3.63, 3.8) is 0 Å². The Morgan fingerprint density at radius 2 is 1.87 bits per heavy atom. The number of benzene rings is 1. The first kappa shape index (κ1) is 23.5. The van der Waals surface area contributed by atoms with E-state index in [-0.39, 0.29) is 19.4 Å². The van der Waals surface area contributed by atoms with Crippen LogP contribution < -0.4 is 10.9 Å². The average molecular weight is 424 g/mol. The fourth-order valence-electron chi connectivity index (χ4n) is 2.81. The molecule has 0 bridgehead atoms. The van der Waals surface area contributed by atoms with E-state index in [2.05, 4.69) is 22.0 Å². The molecular weight excluding hydrogens is 394 g/mol. The van der Waals surface area contributed by atoms with Crippen molar-refractivity contribution in [2.45, 2.75) is 33.7 Å². The normalized spacial score (nSPS) is 9.94. The van der Waals surface area contributed by atoms with Crippen molar-refractivity contribution >= 4 is 17.6 Å². The topological polar surface area (TPSA) is 90.3 Å². The lowest BCUT2D eigenvalue weighted by molar-refractivity contribution is -0.141. The van der Waals surface area contributed by atoms with Crippen molar-refractivity contribution in [2.24, 2.45) is 0 Å². The van der Waals surface area contributed by atoms with Gasteiger partial charge in [0.25, 0.3) is 11.5 Å². The molecule has 7 heteroatoms. The zero-order chi connectivity index (χ0) is 22.8. The molecule has 0 atom stereocenters. The number of esters is 1. The Kier molecular flexibility index (Phi) is 8.69. The highest BCUT2D eigenvalue weighted by atomic mass is 16.5. The Hall–Kier alpha value is -3.74. The zero-order valence-corrected chi connectivity index (χ0v) is 18.2. The van der Waals surface area contributed by atoms with Crippen LogP contribution in [0.2, 0.25) is 0 Å². The average Bonchev–Trinajstić information content (AvgIpc) is 2.82. The first-order chi connectivity index (χ1) is 15.0. The maximum absolute atomic E-state index is 12.7. The molecule has 0 fully saturated rings. The van der Waals surface area contributed by atoms with Gasteiger partial charge in [0.1, 0.15) is 6.54 Å². The first-order valence-electron chi connectivity index (χ1n) is 10.1.